The van der Waals surface area contributed by atoms with Crippen LogP contribution in [0.15, 0.2) is 0 Å². The number of hydrogen-bond donors (Lipinski definition) is 0. The van der Waals surface area contributed by atoms with Crippen molar-refractivity contribution in [1.29, 1.82) is 0 Å². The molecule has 1 fully saturated rings. The van der Waals surface area contributed by atoms with Crippen LogP contribution in [0.1, 0.15) is 19.3 Å². The van der Waals surface area contributed by atoms with Crippen LogP contribution in [0, 0.1) is 0 Å². The van der Waals surface area contributed by atoms with Crippen LogP contribution in [0.25, 0.3) is 0 Å². The van der Waals surface area contributed by atoms with Crippen LogP contribution < -0.4 is 0 Å². The van der Waals surface area contributed by atoms with Crippen LogP contribution in [0.4, 0.5) is 0 Å². The van der Waals surface area contributed by atoms with E-state index in [1.165, 1.54) is 0 Å². The largest absolute Gasteiger partial charge is 0.319 e. The molecule has 1 saturated heterocycles. The first-order chi connectivity index (χ1) is 4.39. The molecule has 0 aromatic carbocycles. The van der Waals surface area contributed by atoms with Crippen molar-refractivity contribution in [3.63, 3.8) is 0 Å². The molecular formula is C5H11Na2O3P. The van der Waals surface area contributed by atoms with Gasteiger partial charge in [0.05, 0.1) is 13.2 Å². The molecule has 1 heterocycles. The fourth-order valence-electron chi connectivity index (χ4n) is 0.734. The van der Waals surface area contributed by atoms with Gasteiger partial charge in [-0.3, -0.25) is 4.57 Å². The Labute approximate surface area is 112 Å². The van der Waals surface area contributed by atoms with Crippen molar-refractivity contribution in [3.8, 4) is 0 Å². The summed E-state index contributed by atoms with van der Waals surface area (Å²) < 4.78 is 20.2. The third-order valence-electron chi connectivity index (χ3n) is 1.23. The summed E-state index contributed by atoms with van der Waals surface area (Å²) in [5.41, 5.74) is 0. The van der Waals surface area contributed by atoms with Crippen LogP contribution in [0.3, 0.4) is 0 Å². The van der Waals surface area contributed by atoms with Crippen molar-refractivity contribution in [2.75, 3.05) is 13.2 Å². The molecule has 0 bridgehead atoms. The zero-order valence-electron chi connectivity index (χ0n) is 7.26. The van der Waals surface area contributed by atoms with Gasteiger partial charge in [0.2, 0.25) is 0 Å². The number of hydrogen-bond acceptors (Lipinski definition) is 3. The minimum absolute atomic E-state index is 0. The average molecular weight is 196 g/mol. The van der Waals surface area contributed by atoms with Crippen LogP contribution in [-0.2, 0) is 13.6 Å². The van der Waals surface area contributed by atoms with Gasteiger partial charge in [-0.15, -0.1) is 0 Å². The van der Waals surface area contributed by atoms with Gasteiger partial charge in [-0.25, -0.2) is 0 Å². The Morgan fingerprint density at radius 1 is 0.909 bits per heavy atom. The molecule has 0 amide bonds. The predicted octanol–water partition coefficient (Wildman–Crippen LogP) is 0.832. The molecule has 11 heavy (non-hydrogen) atoms. The molecule has 0 aromatic heterocycles. The summed E-state index contributed by atoms with van der Waals surface area (Å²) in [6.07, 6.45) is 3.15. The average Bonchev–Trinajstić information content (AvgIpc) is 1.79. The molecule has 6 heteroatoms. The predicted molar refractivity (Wildman–Crippen MR) is 46.3 cm³/mol. The van der Waals surface area contributed by atoms with Gasteiger partial charge >= 0.3 is 8.25 Å². The molecule has 1 aliphatic heterocycles. The monoisotopic (exact) mass is 196 g/mol. The van der Waals surface area contributed by atoms with Gasteiger partial charge in [0.25, 0.3) is 0 Å². The molecule has 0 unspecified atom stereocenters. The SMILES string of the molecule is O=[PH]1OCCCCCO1.[Na].[Na]. The van der Waals surface area contributed by atoms with E-state index in [1.807, 2.05) is 0 Å². The van der Waals surface area contributed by atoms with E-state index in [4.69, 9.17) is 9.05 Å². The Hall–Kier alpha value is 2.15. The van der Waals surface area contributed by atoms with Crippen molar-refractivity contribution < 1.29 is 13.6 Å². The summed E-state index contributed by atoms with van der Waals surface area (Å²) in [7, 11) is -2.10. The van der Waals surface area contributed by atoms with Crippen LogP contribution in [0.2, 0.25) is 0 Å². The molecule has 0 atom stereocenters. The smallest absolute Gasteiger partial charge is 0.311 e. The van der Waals surface area contributed by atoms with E-state index in [0.717, 1.165) is 19.3 Å². The van der Waals surface area contributed by atoms with Gasteiger partial charge in [-0.05, 0) is 19.3 Å². The molecule has 3 nitrogen and oxygen atoms in total. The summed E-state index contributed by atoms with van der Waals surface area (Å²) >= 11 is 0. The van der Waals surface area contributed by atoms with E-state index in [1.54, 1.807) is 0 Å². The van der Waals surface area contributed by atoms with Gasteiger partial charge < -0.3 is 9.05 Å². The molecule has 1 rings (SSSR count). The van der Waals surface area contributed by atoms with E-state index in [9.17, 15) is 4.57 Å². The minimum atomic E-state index is -2.10. The summed E-state index contributed by atoms with van der Waals surface area (Å²) in [5, 5.41) is 0. The van der Waals surface area contributed by atoms with Crippen molar-refractivity contribution in [1.82, 2.24) is 0 Å². The van der Waals surface area contributed by atoms with Gasteiger partial charge in [0.1, 0.15) is 0 Å². The van der Waals surface area contributed by atoms with E-state index in [2.05, 4.69) is 0 Å². The zero-order valence-corrected chi connectivity index (χ0v) is 12.3. The van der Waals surface area contributed by atoms with Crippen molar-refractivity contribution in [3.05, 3.63) is 0 Å². The molecule has 2 radical (unpaired) electrons. The van der Waals surface area contributed by atoms with E-state index in [0.29, 0.717) is 13.2 Å². The van der Waals surface area contributed by atoms with Crippen molar-refractivity contribution in [2.45, 2.75) is 19.3 Å². The second-order valence-corrected chi connectivity index (χ2v) is 3.08. The number of rotatable bonds is 0. The second-order valence-electron chi connectivity index (χ2n) is 2.01. The topological polar surface area (TPSA) is 35.5 Å². The molecule has 0 N–H and O–H groups in total. The third kappa shape index (κ3) is 8.48. The Bertz CT molecular complexity index is 102. The standard InChI is InChI=1S/C5H11O3P.2Na/c6-9-7-4-2-1-3-5-8-9;;/h9H,1-5H2;;. The summed E-state index contributed by atoms with van der Waals surface area (Å²) in [6.45, 7) is 1.19. The Morgan fingerprint density at radius 3 is 1.82 bits per heavy atom. The second kappa shape index (κ2) is 10.2. The molecule has 0 aliphatic carbocycles. The molecule has 0 spiro atoms. The molecule has 0 saturated carbocycles. The van der Waals surface area contributed by atoms with Crippen LogP contribution in [-0.4, -0.2) is 72.3 Å². The minimum Gasteiger partial charge on any atom is -0.311 e. The normalized spacial score (nSPS) is 20.4. The van der Waals surface area contributed by atoms with E-state index in [-0.39, 0.29) is 59.1 Å². The quantitative estimate of drug-likeness (QED) is 0.425. The Balaban J connectivity index is 0. The fourth-order valence-corrected chi connectivity index (χ4v) is 1.44. The summed E-state index contributed by atoms with van der Waals surface area (Å²) in [5.74, 6) is 0. The Morgan fingerprint density at radius 2 is 1.36 bits per heavy atom. The molecular weight excluding hydrogens is 185 g/mol. The summed E-state index contributed by atoms with van der Waals surface area (Å²) in [6, 6.07) is 0. The Kier molecular flexibility index (Phi) is 14.5. The summed E-state index contributed by atoms with van der Waals surface area (Å²) in [4.78, 5) is 0. The first-order valence-corrected chi connectivity index (χ1v) is 4.41. The molecule has 0 aromatic rings. The maximum Gasteiger partial charge on any atom is 0.319 e. The van der Waals surface area contributed by atoms with E-state index >= 15 is 0 Å². The van der Waals surface area contributed by atoms with Crippen LogP contribution >= 0.6 is 8.25 Å². The van der Waals surface area contributed by atoms with Gasteiger partial charge in [-0.1, -0.05) is 0 Å². The third-order valence-corrected chi connectivity index (χ3v) is 2.11. The van der Waals surface area contributed by atoms with Crippen molar-refractivity contribution in [2.24, 2.45) is 0 Å². The first kappa shape index (κ1) is 15.6. The van der Waals surface area contributed by atoms with Crippen molar-refractivity contribution >= 4 is 67.4 Å². The van der Waals surface area contributed by atoms with Gasteiger partial charge in [0, 0.05) is 59.1 Å². The van der Waals surface area contributed by atoms with Crippen LogP contribution in [0.5, 0.6) is 0 Å². The first-order valence-electron chi connectivity index (χ1n) is 3.19. The molecule has 1 aliphatic rings. The fraction of sp³-hybridized carbons (Fsp3) is 1.00. The maximum absolute atomic E-state index is 10.6. The van der Waals surface area contributed by atoms with Gasteiger partial charge in [0.15, 0.2) is 0 Å². The zero-order chi connectivity index (χ0) is 6.53. The molecule has 56 valence electrons. The maximum atomic E-state index is 10.6. The van der Waals surface area contributed by atoms with Gasteiger partial charge in [-0.2, -0.15) is 0 Å². The van der Waals surface area contributed by atoms with E-state index < -0.39 is 8.25 Å².